The fourth-order valence-electron chi connectivity index (χ4n) is 2.78. The van der Waals surface area contributed by atoms with Gasteiger partial charge in [-0.1, -0.05) is 18.2 Å². The summed E-state index contributed by atoms with van der Waals surface area (Å²) in [6.45, 7) is 0.460. The minimum atomic E-state index is -0.238. The summed E-state index contributed by atoms with van der Waals surface area (Å²) < 4.78 is 15.8. The van der Waals surface area contributed by atoms with E-state index in [-0.39, 0.29) is 5.91 Å². The summed E-state index contributed by atoms with van der Waals surface area (Å²) in [6, 6.07) is 13.1. The van der Waals surface area contributed by atoms with Gasteiger partial charge in [0.1, 0.15) is 27.8 Å². The van der Waals surface area contributed by atoms with Crippen LogP contribution >= 0.6 is 11.3 Å². The number of carbonyl (C=O) groups excluding carboxylic acids is 1. The van der Waals surface area contributed by atoms with Crippen molar-refractivity contribution in [1.82, 2.24) is 10.3 Å². The third-order valence-corrected chi connectivity index (χ3v) is 5.13. The highest BCUT2D eigenvalue weighted by molar-refractivity contribution is 7.13. The number of nitrogens with one attached hydrogen (secondary N) is 1. The molecule has 2 aromatic carbocycles. The molecule has 0 saturated carbocycles. The van der Waals surface area contributed by atoms with E-state index >= 15 is 0 Å². The van der Waals surface area contributed by atoms with Crippen molar-refractivity contribution < 1.29 is 19.0 Å². The van der Waals surface area contributed by atoms with E-state index in [1.165, 1.54) is 14.2 Å². The van der Waals surface area contributed by atoms with Gasteiger partial charge in [0.25, 0.3) is 5.91 Å². The van der Waals surface area contributed by atoms with Crippen LogP contribution in [-0.4, -0.2) is 38.8 Å². The minimum absolute atomic E-state index is 0.238. The van der Waals surface area contributed by atoms with Crippen LogP contribution in [0.4, 0.5) is 0 Å². The van der Waals surface area contributed by atoms with E-state index in [9.17, 15) is 4.79 Å². The zero-order chi connectivity index (χ0) is 19.9. The molecule has 0 aliphatic carbocycles. The minimum Gasteiger partial charge on any atom is -0.497 e. The smallest absolute Gasteiger partial charge is 0.258 e. The fraction of sp³-hybridized carbons (Fsp3) is 0.238. The van der Waals surface area contributed by atoms with Gasteiger partial charge in [-0.25, -0.2) is 4.98 Å². The Hall–Kier alpha value is -3.06. The second-order valence-corrected chi connectivity index (χ2v) is 6.78. The van der Waals surface area contributed by atoms with Gasteiger partial charge in [0.15, 0.2) is 0 Å². The van der Waals surface area contributed by atoms with Gasteiger partial charge in [0.05, 0.1) is 27.0 Å². The quantitative estimate of drug-likeness (QED) is 0.625. The third kappa shape index (κ3) is 4.43. The van der Waals surface area contributed by atoms with E-state index in [0.717, 1.165) is 22.0 Å². The second kappa shape index (κ2) is 9.23. The number of carbonyl (C=O) groups is 1. The number of hydrogen-bond acceptors (Lipinski definition) is 6. The Morgan fingerprint density at radius 3 is 2.43 bits per heavy atom. The summed E-state index contributed by atoms with van der Waals surface area (Å²) in [5.74, 6) is 1.52. The van der Waals surface area contributed by atoms with Crippen molar-refractivity contribution in [2.24, 2.45) is 0 Å². The van der Waals surface area contributed by atoms with Crippen LogP contribution in [0.2, 0.25) is 0 Å². The standard InChI is InChI=1S/C21H22N2O4S/c1-25-16-7-4-6-14(12-16)21-23-15(13-28-21)10-11-22-20(24)19-17(26-2)8-5-9-18(19)27-3/h4-9,12-13H,10-11H2,1-3H3,(H,22,24). The fourth-order valence-corrected chi connectivity index (χ4v) is 3.63. The summed E-state index contributed by atoms with van der Waals surface area (Å²) in [7, 11) is 4.70. The molecule has 1 N–H and O–H groups in total. The first-order valence-electron chi connectivity index (χ1n) is 8.74. The molecule has 146 valence electrons. The lowest BCUT2D eigenvalue weighted by molar-refractivity contribution is 0.0948. The first-order chi connectivity index (χ1) is 13.7. The normalized spacial score (nSPS) is 10.4. The Morgan fingerprint density at radius 2 is 1.75 bits per heavy atom. The van der Waals surface area contributed by atoms with E-state index in [1.54, 1.807) is 36.6 Å². The molecule has 6 nitrogen and oxygen atoms in total. The van der Waals surface area contributed by atoms with Gasteiger partial charge in [-0.3, -0.25) is 4.79 Å². The van der Waals surface area contributed by atoms with Crippen LogP contribution in [0.1, 0.15) is 16.1 Å². The molecule has 0 atom stereocenters. The van der Waals surface area contributed by atoms with Crippen molar-refractivity contribution in [2.75, 3.05) is 27.9 Å². The predicted octanol–water partition coefficient (Wildman–Crippen LogP) is 3.81. The number of aromatic nitrogens is 1. The van der Waals surface area contributed by atoms with Crippen molar-refractivity contribution in [3.8, 4) is 27.8 Å². The van der Waals surface area contributed by atoms with Crippen molar-refractivity contribution in [3.63, 3.8) is 0 Å². The molecule has 0 unspecified atom stereocenters. The van der Waals surface area contributed by atoms with Crippen LogP contribution in [0.25, 0.3) is 10.6 Å². The van der Waals surface area contributed by atoms with E-state index in [2.05, 4.69) is 10.3 Å². The lowest BCUT2D eigenvalue weighted by Gasteiger charge is -2.12. The first kappa shape index (κ1) is 19.7. The molecule has 0 fully saturated rings. The van der Waals surface area contributed by atoms with Crippen LogP contribution in [0.3, 0.4) is 0 Å². The number of thiazole rings is 1. The van der Waals surface area contributed by atoms with E-state index < -0.39 is 0 Å². The molecule has 3 rings (SSSR count). The summed E-state index contributed by atoms with van der Waals surface area (Å²) in [5, 5.41) is 5.84. The summed E-state index contributed by atoms with van der Waals surface area (Å²) >= 11 is 1.57. The summed E-state index contributed by atoms with van der Waals surface area (Å²) in [5.41, 5.74) is 2.33. The Bertz CT molecular complexity index is 933. The van der Waals surface area contributed by atoms with E-state index in [1.807, 2.05) is 29.6 Å². The SMILES string of the molecule is COc1cccc(-c2nc(CCNC(=O)c3c(OC)cccc3OC)cs2)c1. The van der Waals surface area contributed by atoms with Gasteiger partial charge in [-0.2, -0.15) is 0 Å². The maximum absolute atomic E-state index is 12.6. The topological polar surface area (TPSA) is 69.7 Å². The average Bonchev–Trinajstić information content (AvgIpc) is 3.22. The number of amides is 1. The lowest BCUT2D eigenvalue weighted by Crippen LogP contribution is -2.26. The van der Waals surface area contributed by atoms with Crippen LogP contribution in [-0.2, 0) is 6.42 Å². The molecule has 7 heteroatoms. The molecule has 0 aliphatic rings. The number of hydrogen-bond donors (Lipinski definition) is 1. The van der Waals surface area contributed by atoms with Crippen molar-refractivity contribution >= 4 is 17.2 Å². The van der Waals surface area contributed by atoms with E-state index in [0.29, 0.717) is 30.0 Å². The van der Waals surface area contributed by atoms with Crippen molar-refractivity contribution in [1.29, 1.82) is 0 Å². The zero-order valence-electron chi connectivity index (χ0n) is 16.0. The Kier molecular flexibility index (Phi) is 6.49. The Labute approximate surface area is 168 Å². The van der Waals surface area contributed by atoms with Crippen LogP contribution < -0.4 is 19.5 Å². The zero-order valence-corrected chi connectivity index (χ0v) is 16.8. The molecule has 3 aromatic rings. The van der Waals surface area contributed by atoms with Crippen LogP contribution in [0.15, 0.2) is 47.8 Å². The summed E-state index contributed by atoms with van der Waals surface area (Å²) in [4.78, 5) is 17.2. The molecule has 1 aromatic heterocycles. The van der Waals surface area contributed by atoms with Gasteiger partial charge in [0, 0.05) is 23.9 Å². The number of benzene rings is 2. The second-order valence-electron chi connectivity index (χ2n) is 5.92. The molecule has 0 saturated heterocycles. The largest absolute Gasteiger partial charge is 0.497 e. The highest BCUT2D eigenvalue weighted by Gasteiger charge is 2.17. The molecule has 0 spiro atoms. The van der Waals surface area contributed by atoms with Gasteiger partial charge in [0.2, 0.25) is 0 Å². The predicted molar refractivity (Wildman–Crippen MR) is 110 cm³/mol. The maximum atomic E-state index is 12.6. The average molecular weight is 398 g/mol. The molecule has 0 radical (unpaired) electrons. The highest BCUT2D eigenvalue weighted by atomic mass is 32.1. The van der Waals surface area contributed by atoms with Crippen LogP contribution in [0.5, 0.6) is 17.2 Å². The molecule has 28 heavy (non-hydrogen) atoms. The van der Waals surface area contributed by atoms with Crippen LogP contribution in [0, 0.1) is 0 Å². The monoisotopic (exact) mass is 398 g/mol. The number of methoxy groups -OCH3 is 3. The first-order valence-corrected chi connectivity index (χ1v) is 9.62. The number of nitrogens with zero attached hydrogens (tertiary/aromatic N) is 1. The highest BCUT2D eigenvalue weighted by Crippen LogP contribution is 2.28. The molecular formula is C21H22N2O4S. The van der Waals surface area contributed by atoms with Crippen molar-refractivity contribution in [2.45, 2.75) is 6.42 Å². The number of rotatable bonds is 8. The van der Waals surface area contributed by atoms with Gasteiger partial charge < -0.3 is 19.5 Å². The molecule has 1 heterocycles. The molecule has 1 amide bonds. The lowest BCUT2D eigenvalue weighted by atomic mass is 10.1. The summed E-state index contributed by atoms with van der Waals surface area (Å²) in [6.07, 6.45) is 0.629. The molecule has 0 bridgehead atoms. The molecule has 0 aliphatic heterocycles. The van der Waals surface area contributed by atoms with Gasteiger partial charge in [-0.05, 0) is 24.3 Å². The Balaban J connectivity index is 1.63. The van der Waals surface area contributed by atoms with Gasteiger partial charge in [-0.15, -0.1) is 11.3 Å². The Morgan fingerprint density at radius 1 is 1.04 bits per heavy atom. The maximum Gasteiger partial charge on any atom is 0.258 e. The number of ether oxygens (including phenoxy) is 3. The third-order valence-electron chi connectivity index (χ3n) is 4.19. The van der Waals surface area contributed by atoms with Gasteiger partial charge >= 0.3 is 0 Å². The molecular weight excluding hydrogens is 376 g/mol. The van der Waals surface area contributed by atoms with E-state index in [4.69, 9.17) is 14.2 Å². The van der Waals surface area contributed by atoms with Crippen molar-refractivity contribution in [3.05, 3.63) is 59.1 Å².